The van der Waals surface area contributed by atoms with Crippen LogP contribution in [0.25, 0.3) is 10.8 Å². The second-order valence-corrected chi connectivity index (χ2v) is 8.51. The van der Waals surface area contributed by atoms with Crippen molar-refractivity contribution in [3.8, 4) is 0 Å². The van der Waals surface area contributed by atoms with Gasteiger partial charge < -0.3 is 0 Å². The van der Waals surface area contributed by atoms with Crippen LogP contribution in [-0.4, -0.2) is 0 Å². The van der Waals surface area contributed by atoms with Crippen LogP contribution in [-0.2, 0) is 12.8 Å². The van der Waals surface area contributed by atoms with Crippen LogP contribution in [0.2, 0.25) is 0 Å². The van der Waals surface area contributed by atoms with Gasteiger partial charge in [0.05, 0.1) is 0 Å². The molecule has 0 aliphatic heterocycles. The number of hydrogen-bond donors (Lipinski definition) is 0. The molecule has 1 fully saturated rings. The molecule has 3 aromatic rings. The number of hydrogen-bond acceptors (Lipinski definition) is 0. The van der Waals surface area contributed by atoms with Crippen molar-refractivity contribution in [2.24, 2.45) is 5.92 Å². The Labute approximate surface area is 176 Å². The average Bonchev–Trinajstić information content (AvgIpc) is 2.76. The molecule has 30 heavy (non-hydrogen) atoms. The van der Waals surface area contributed by atoms with Gasteiger partial charge in [-0.2, -0.15) is 0 Å². The van der Waals surface area contributed by atoms with Gasteiger partial charge in [-0.15, -0.1) is 6.58 Å². The molecule has 0 N–H and O–H groups in total. The van der Waals surface area contributed by atoms with Crippen molar-refractivity contribution in [1.29, 1.82) is 0 Å². The van der Waals surface area contributed by atoms with Gasteiger partial charge in [0.1, 0.15) is 5.82 Å². The minimum Gasteiger partial charge on any atom is -0.206 e. The first-order valence-electron chi connectivity index (χ1n) is 10.8. The predicted octanol–water partition coefficient (Wildman–Crippen LogP) is 7.89. The molecule has 0 spiro atoms. The summed E-state index contributed by atoms with van der Waals surface area (Å²) < 4.78 is 41.6. The van der Waals surface area contributed by atoms with Crippen LogP contribution in [0, 0.1) is 23.4 Å². The molecule has 0 aromatic heterocycles. The summed E-state index contributed by atoms with van der Waals surface area (Å²) in [5, 5.41) is 1.55. The first-order chi connectivity index (χ1) is 14.5. The third kappa shape index (κ3) is 4.45. The number of rotatable bonds is 6. The van der Waals surface area contributed by atoms with Crippen molar-refractivity contribution in [2.45, 2.75) is 50.9 Å². The highest BCUT2D eigenvalue weighted by atomic mass is 19.2. The lowest BCUT2D eigenvalue weighted by molar-refractivity contribution is 0.328. The predicted molar refractivity (Wildman–Crippen MR) is 117 cm³/mol. The van der Waals surface area contributed by atoms with E-state index in [9.17, 15) is 8.78 Å². The molecular weight excluding hydrogens is 381 g/mol. The molecule has 0 saturated heterocycles. The van der Waals surface area contributed by atoms with E-state index in [2.05, 4.69) is 18.7 Å². The van der Waals surface area contributed by atoms with Gasteiger partial charge in [-0.05, 0) is 91.0 Å². The SMILES string of the molecule is C=CCC1CCC(c2ccc3c(F)c(CCc4ccc(F)c(F)c4)ccc3c2)CC1. The molecule has 1 aliphatic carbocycles. The van der Waals surface area contributed by atoms with Gasteiger partial charge in [0.25, 0.3) is 0 Å². The molecule has 0 radical (unpaired) electrons. The smallest absolute Gasteiger partial charge is 0.159 e. The van der Waals surface area contributed by atoms with Crippen molar-refractivity contribution in [1.82, 2.24) is 0 Å². The Hall–Kier alpha value is -2.55. The topological polar surface area (TPSA) is 0 Å². The first kappa shape index (κ1) is 20.7. The summed E-state index contributed by atoms with van der Waals surface area (Å²) in [7, 11) is 0. The Bertz CT molecular complexity index is 1050. The van der Waals surface area contributed by atoms with Gasteiger partial charge in [0, 0.05) is 5.39 Å². The zero-order chi connectivity index (χ0) is 21.1. The Balaban J connectivity index is 1.48. The molecule has 1 saturated carbocycles. The fourth-order valence-electron chi connectivity index (χ4n) is 4.74. The third-order valence-electron chi connectivity index (χ3n) is 6.54. The summed E-state index contributed by atoms with van der Waals surface area (Å²) in [6.07, 6.45) is 8.85. The fourth-order valence-corrected chi connectivity index (χ4v) is 4.74. The van der Waals surface area contributed by atoms with E-state index >= 15 is 4.39 Å². The van der Waals surface area contributed by atoms with Gasteiger partial charge >= 0.3 is 0 Å². The molecule has 156 valence electrons. The van der Waals surface area contributed by atoms with E-state index in [1.165, 1.54) is 37.3 Å². The van der Waals surface area contributed by atoms with Crippen molar-refractivity contribution in [2.75, 3.05) is 0 Å². The molecule has 0 atom stereocenters. The Kier molecular flexibility index (Phi) is 6.26. The zero-order valence-electron chi connectivity index (χ0n) is 17.1. The summed E-state index contributed by atoms with van der Waals surface area (Å²) >= 11 is 0. The van der Waals surface area contributed by atoms with Crippen molar-refractivity contribution in [3.05, 3.63) is 95.3 Å². The highest BCUT2D eigenvalue weighted by Gasteiger charge is 2.22. The maximum atomic E-state index is 15.1. The molecule has 3 aromatic carbocycles. The number of benzene rings is 3. The van der Waals surface area contributed by atoms with Crippen LogP contribution in [0.4, 0.5) is 13.2 Å². The minimum atomic E-state index is -0.863. The van der Waals surface area contributed by atoms with Crippen LogP contribution < -0.4 is 0 Å². The van der Waals surface area contributed by atoms with E-state index in [1.54, 1.807) is 6.07 Å². The van der Waals surface area contributed by atoms with Gasteiger partial charge in [-0.25, -0.2) is 13.2 Å². The van der Waals surface area contributed by atoms with E-state index in [-0.39, 0.29) is 5.82 Å². The van der Waals surface area contributed by atoms with Gasteiger partial charge in [0.2, 0.25) is 0 Å². The highest BCUT2D eigenvalue weighted by molar-refractivity contribution is 5.84. The van der Waals surface area contributed by atoms with E-state index in [0.717, 1.165) is 23.8 Å². The van der Waals surface area contributed by atoms with E-state index in [0.29, 0.717) is 35.3 Å². The average molecular weight is 409 g/mol. The normalized spacial score (nSPS) is 19.2. The standard InChI is InChI=1S/C27H27F3/c1-2-3-18-4-8-20(9-5-18)22-13-14-24-23(17-22)12-11-21(27(24)30)10-6-19-7-15-25(28)26(29)16-19/h2,7,11-18,20H,1,3-6,8-10H2. The quantitative estimate of drug-likeness (QED) is 0.364. The minimum absolute atomic E-state index is 0.212. The Morgan fingerprint density at radius 3 is 2.37 bits per heavy atom. The van der Waals surface area contributed by atoms with Crippen LogP contribution in [0.3, 0.4) is 0 Å². The van der Waals surface area contributed by atoms with Gasteiger partial charge in [-0.1, -0.05) is 42.5 Å². The first-order valence-corrected chi connectivity index (χ1v) is 10.8. The van der Waals surface area contributed by atoms with Crippen molar-refractivity contribution >= 4 is 10.8 Å². The number of halogens is 3. The van der Waals surface area contributed by atoms with E-state index in [1.807, 2.05) is 24.3 Å². The number of allylic oxidation sites excluding steroid dienone is 1. The summed E-state index contributed by atoms with van der Waals surface area (Å²) in [4.78, 5) is 0. The van der Waals surface area contributed by atoms with Crippen LogP contribution in [0.5, 0.6) is 0 Å². The lowest BCUT2D eigenvalue weighted by Gasteiger charge is -2.28. The van der Waals surface area contributed by atoms with Crippen molar-refractivity contribution in [3.63, 3.8) is 0 Å². The van der Waals surface area contributed by atoms with Gasteiger partial charge in [-0.3, -0.25) is 0 Å². The molecule has 0 heterocycles. The number of fused-ring (bicyclic) bond motifs is 1. The van der Waals surface area contributed by atoms with E-state index in [4.69, 9.17) is 0 Å². The lowest BCUT2D eigenvalue weighted by Crippen LogP contribution is -2.12. The van der Waals surface area contributed by atoms with Crippen LogP contribution in [0.15, 0.2) is 61.2 Å². The molecule has 0 nitrogen and oxygen atoms in total. The molecule has 0 bridgehead atoms. The molecule has 4 rings (SSSR count). The monoisotopic (exact) mass is 408 g/mol. The fraction of sp³-hybridized carbons (Fsp3) is 0.333. The zero-order valence-corrected chi connectivity index (χ0v) is 17.1. The third-order valence-corrected chi connectivity index (χ3v) is 6.54. The number of aryl methyl sites for hydroxylation is 2. The maximum Gasteiger partial charge on any atom is 0.159 e. The summed E-state index contributed by atoms with van der Waals surface area (Å²) in [5.74, 6) is -0.630. The maximum absolute atomic E-state index is 15.1. The second kappa shape index (κ2) is 9.07. The van der Waals surface area contributed by atoms with Crippen LogP contribution >= 0.6 is 0 Å². The van der Waals surface area contributed by atoms with Crippen LogP contribution in [0.1, 0.15) is 54.7 Å². The molecule has 0 amide bonds. The second-order valence-electron chi connectivity index (χ2n) is 8.51. The van der Waals surface area contributed by atoms with Gasteiger partial charge in [0.15, 0.2) is 11.6 Å². The molecule has 1 aliphatic rings. The summed E-state index contributed by atoms with van der Waals surface area (Å²) in [5.41, 5.74) is 2.56. The lowest BCUT2D eigenvalue weighted by atomic mass is 9.77. The largest absolute Gasteiger partial charge is 0.206 e. The van der Waals surface area contributed by atoms with Crippen molar-refractivity contribution < 1.29 is 13.2 Å². The summed E-state index contributed by atoms with van der Waals surface area (Å²) in [6.45, 7) is 3.85. The molecular formula is C27H27F3. The van der Waals surface area contributed by atoms with E-state index < -0.39 is 11.6 Å². The molecule has 0 unspecified atom stereocenters. The Morgan fingerprint density at radius 2 is 1.63 bits per heavy atom. The molecule has 3 heteroatoms. The Morgan fingerprint density at radius 1 is 0.833 bits per heavy atom. The summed E-state index contributed by atoms with van der Waals surface area (Å²) in [6, 6.07) is 13.8. The highest BCUT2D eigenvalue weighted by Crippen LogP contribution is 2.38.